The molecular formula is C32H25N7O3. The fraction of sp³-hybridized carbons (Fsp3) is 0.125. The Kier molecular flexibility index (Phi) is 6.68. The number of carbonyl (C=O) groups is 1. The fourth-order valence-electron chi connectivity index (χ4n) is 4.87. The molecule has 0 fully saturated rings. The highest BCUT2D eigenvalue weighted by Crippen LogP contribution is 2.21. The zero-order valence-electron chi connectivity index (χ0n) is 23.1. The van der Waals surface area contributed by atoms with E-state index in [4.69, 9.17) is 4.98 Å². The number of benzene rings is 2. The zero-order chi connectivity index (χ0) is 29.4. The Balaban J connectivity index is 1.47. The highest BCUT2D eigenvalue weighted by atomic mass is 16.2. The first-order valence-electron chi connectivity index (χ1n) is 13.2. The zero-order valence-corrected chi connectivity index (χ0v) is 23.1. The van der Waals surface area contributed by atoms with Gasteiger partial charge in [-0.05, 0) is 50.2 Å². The van der Waals surface area contributed by atoms with Crippen molar-refractivity contribution in [2.75, 3.05) is 0 Å². The molecule has 1 N–H and O–H groups in total. The van der Waals surface area contributed by atoms with Crippen LogP contribution in [0.1, 0.15) is 46.0 Å². The number of rotatable bonds is 4. The van der Waals surface area contributed by atoms with Crippen molar-refractivity contribution < 1.29 is 4.79 Å². The summed E-state index contributed by atoms with van der Waals surface area (Å²) in [5.41, 5.74) is 3.06. The van der Waals surface area contributed by atoms with Crippen molar-refractivity contribution >= 4 is 22.5 Å². The van der Waals surface area contributed by atoms with Crippen LogP contribution >= 0.6 is 0 Å². The Hall–Kier alpha value is -5.82. The van der Waals surface area contributed by atoms with Crippen molar-refractivity contribution in [3.63, 3.8) is 0 Å². The molecule has 0 saturated carbocycles. The maximum Gasteiger partial charge on any atom is 0.267 e. The van der Waals surface area contributed by atoms with Gasteiger partial charge >= 0.3 is 0 Å². The first-order valence-corrected chi connectivity index (χ1v) is 13.2. The lowest BCUT2D eigenvalue weighted by atomic mass is 10.1. The number of nitrogens with zero attached hydrogens (tertiary/aromatic N) is 6. The molecule has 10 heteroatoms. The van der Waals surface area contributed by atoms with E-state index in [9.17, 15) is 14.4 Å². The van der Waals surface area contributed by atoms with E-state index >= 15 is 0 Å². The Labute approximate surface area is 239 Å². The molecule has 4 heterocycles. The molecule has 0 spiro atoms. The van der Waals surface area contributed by atoms with Crippen molar-refractivity contribution in [1.29, 1.82) is 0 Å². The van der Waals surface area contributed by atoms with Crippen molar-refractivity contribution in [3.8, 4) is 17.5 Å². The van der Waals surface area contributed by atoms with Crippen LogP contribution < -0.4 is 16.4 Å². The molecule has 4 aromatic heterocycles. The second-order valence-electron chi connectivity index (χ2n) is 9.81. The minimum absolute atomic E-state index is 0.137. The van der Waals surface area contributed by atoms with Gasteiger partial charge in [0.2, 0.25) is 5.56 Å². The van der Waals surface area contributed by atoms with Gasteiger partial charge in [-0.3, -0.25) is 19.0 Å². The first-order chi connectivity index (χ1) is 20.3. The minimum atomic E-state index is -0.659. The van der Waals surface area contributed by atoms with Gasteiger partial charge in [0.1, 0.15) is 11.4 Å². The summed E-state index contributed by atoms with van der Waals surface area (Å²) in [7, 11) is 1.66. The summed E-state index contributed by atoms with van der Waals surface area (Å²) in [5.74, 6) is 6.12. The second kappa shape index (κ2) is 10.6. The van der Waals surface area contributed by atoms with Crippen LogP contribution in [0, 0.1) is 18.8 Å². The number of hydrogen-bond donors (Lipinski definition) is 1. The van der Waals surface area contributed by atoms with Crippen LogP contribution in [0.4, 0.5) is 0 Å². The quantitative estimate of drug-likeness (QED) is 0.334. The van der Waals surface area contributed by atoms with Gasteiger partial charge in [-0.15, -0.1) is 0 Å². The first kappa shape index (κ1) is 26.4. The summed E-state index contributed by atoms with van der Waals surface area (Å²) < 4.78 is 4.51. The number of amides is 1. The molecule has 1 atom stereocenters. The molecule has 42 heavy (non-hydrogen) atoms. The molecule has 0 radical (unpaired) electrons. The van der Waals surface area contributed by atoms with Crippen molar-refractivity contribution in [2.45, 2.75) is 19.9 Å². The van der Waals surface area contributed by atoms with Gasteiger partial charge in [-0.1, -0.05) is 36.1 Å². The summed E-state index contributed by atoms with van der Waals surface area (Å²) in [5, 5.41) is 7.73. The predicted octanol–water partition coefficient (Wildman–Crippen LogP) is 3.33. The van der Waals surface area contributed by atoms with Gasteiger partial charge < -0.3 is 9.88 Å². The van der Waals surface area contributed by atoms with Crippen LogP contribution in [0.25, 0.3) is 22.2 Å². The Morgan fingerprint density at radius 2 is 1.79 bits per heavy atom. The van der Waals surface area contributed by atoms with Gasteiger partial charge in [-0.2, -0.15) is 5.10 Å². The van der Waals surface area contributed by atoms with E-state index in [2.05, 4.69) is 27.2 Å². The molecule has 206 valence electrons. The number of carbonyl (C=O) groups excluding carboxylic acids is 1. The average Bonchev–Trinajstić information content (AvgIpc) is 3.33. The molecule has 10 nitrogen and oxygen atoms in total. The summed E-state index contributed by atoms with van der Waals surface area (Å²) in [6, 6.07) is 18.6. The number of para-hydroxylation sites is 1. The van der Waals surface area contributed by atoms with E-state index in [0.29, 0.717) is 50.4 Å². The molecule has 0 saturated heterocycles. The highest BCUT2D eigenvalue weighted by Gasteiger charge is 2.24. The summed E-state index contributed by atoms with van der Waals surface area (Å²) >= 11 is 0. The summed E-state index contributed by atoms with van der Waals surface area (Å²) in [6.07, 6.45) is 4.98. The molecule has 0 aliphatic heterocycles. The monoisotopic (exact) mass is 555 g/mol. The number of fused-ring (bicyclic) bond motifs is 2. The lowest BCUT2D eigenvalue weighted by Gasteiger charge is -2.20. The fourth-order valence-corrected chi connectivity index (χ4v) is 4.87. The minimum Gasteiger partial charge on any atom is -0.342 e. The Morgan fingerprint density at radius 1 is 0.976 bits per heavy atom. The van der Waals surface area contributed by atoms with Gasteiger partial charge in [0, 0.05) is 42.8 Å². The van der Waals surface area contributed by atoms with E-state index in [1.165, 1.54) is 15.2 Å². The van der Waals surface area contributed by atoms with Crippen molar-refractivity contribution in [2.24, 2.45) is 7.05 Å². The molecule has 6 aromatic rings. The topological polar surface area (TPSA) is 116 Å². The van der Waals surface area contributed by atoms with E-state index in [1.807, 2.05) is 30.3 Å². The largest absolute Gasteiger partial charge is 0.342 e. The van der Waals surface area contributed by atoms with E-state index < -0.39 is 6.04 Å². The SMILES string of the molecule is Cc1nn2cccnc2c1C(=O)NC(C)c1nc2cccc(C#Cc3ccc(=O)n(C)c3)c2c(=O)n1-c1ccccc1. The maximum atomic E-state index is 14.2. The average molecular weight is 556 g/mol. The van der Waals surface area contributed by atoms with Crippen molar-refractivity contribution in [3.05, 3.63) is 134 Å². The number of nitrogens with one attached hydrogen (secondary N) is 1. The van der Waals surface area contributed by atoms with E-state index in [1.54, 1.807) is 74.3 Å². The van der Waals surface area contributed by atoms with Crippen LogP contribution in [-0.4, -0.2) is 34.6 Å². The smallest absolute Gasteiger partial charge is 0.267 e. The van der Waals surface area contributed by atoms with Gasteiger partial charge in [0.05, 0.1) is 28.3 Å². The van der Waals surface area contributed by atoms with Gasteiger partial charge in [-0.25, -0.2) is 14.5 Å². The third kappa shape index (κ3) is 4.73. The Bertz CT molecular complexity index is 2180. The van der Waals surface area contributed by atoms with Crippen LogP contribution in [-0.2, 0) is 7.05 Å². The molecule has 1 unspecified atom stereocenters. The molecule has 1 amide bonds. The molecule has 2 aromatic carbocycles. The maximum absolute atomic E-state index is 14.2. The molecule has 0 aliphatic carbocycles. The van der Waals surface area contributed by atoms with Crippen molar-refractivity contribution in [1.82, 2.24) is 34.0 Å². The molecule has 0 bridgehead atoms. The summed E-state index contributed by atoms with van der Waals surface area (Å²) in [6.45, 7) is 3.53. The lowest BCUT2D eigenvalue weighted by Crippen LogP contribution is -2.33. The lowest BCUT2D eigenvalue weighted by molar-refractivity contribution is 0.0938. The number of pyridine rings is 1. The molecule has 0 aliphatic rings. The normalized spacial score (nSPS) is 11.7. The molecular weight excluding hydrogens is 530 g/mol. The third-order valence-corrected chi connectivity index (χ3v) is 6.90. The van der Waals surface area contributed by atoms with E-state index in [-0.39, 0.29) is 17.0 Å². The number of aromatic nitrogens is 6. The number of hydrogen-bond acceptors (Lipinski definition) is 6. The Morgan fingerprint density at radius 3 is 2.57 bits per heavy atom. The van der Waals surface area contributed by atoms with E-state index in [0.717, 1.165) is 0 Å². The van der Waals surface area contributed by atoms with Gasteiger partial charge in [0.15, 0.2) is 5.65 Å². The van der Waals surface area contributed by atoms with Crippen LogP contribution in [0.5, 0.6) is 0 Å². The molecule has 6 rings (SSSR count). The van der Waals surface area contributed by atoms with Crippen LogP contribution in [0.2, 0.25) is 0 Å². The van der Waals surface area contributed by atoms with Crippen LogP contribution in [0.15, 0.2) is 94.9 Å². The predicted molar refractivity (Wildman–Crippen MR) is 159 cm³/mol. The third-order valence-electron chi connectivity index (χ3n) is 6.90. The number of aryl methyl sites for hydroxylation is 2. The standard InChI is InChI=1S/C32H25N7O3/c1-20-27(30-33-17-8-18-38(30)36-20)31(41)34-21(2)29-35-25-12-7-9-23(15-13-22-14-16-26(40)37(3)19-22)28(25)32(42)39(29)24-10-5-4-6-11-24/h4-12,14,16-19,21H,1-3H3,(H,34,41). The van der Waals surface area contributed by atoms with Gasteiger partial charge in [0.25, 0.3) is 11.5 Å². The summed E-state index contributed by atoms with van der Waals surface area (Å²) in [4.78, 5) is 48.6. The van der Waals surface area contributed by atoms with Crippen LogP contribution in [0.3, 0.4) is 0 Å². The second-order valence-corrected chi connectivity index (χ2v) is 9.81. The highest BCUT2D eigenvalue weighted by molar-refractivity contribution is 6.01.